The summed E-state index contributed by atoms with van der Waals surface area (Å²) in [5, 5.41) is 10.5. The molecule has 2 aromatic carbocycles. The SMILES string of the molecule is CCN(CC(O)CCCCOc1ccc(C(=O)N2CCC(N3C(=O)CCc4ccccc43)CC2)cc1)CC1CCCCO1. The molecule has 0 aromatic heterocycles. The highest BCUT2D eigenvalue weighted by molar-refractivity contribution is 5.97. The average molecular weight is 592 g/mol. The molecule has 0 bridgehead atoms. The zero-order valence-corrected chi connectivity index (χ0v) is 25.8. The number of benzene rings is 2. The maximum Gasteiger partial charge on any atom is 0.253 e. The molecular formula is C35H49N3O5. The lowest BCUT2D eigenvalue weighted by Crippen LogP contribution is -2.50. The Kier molecular flexibility index (Phi) is 11.5. The first-order valence-corrected chi connectivity index (χ1v) is 16.5. The number of aryl methyl sites for hydroxylation is 1. The number of aliphatic hydroxyl groups excluding tert-OH is 1. The minimum absolute atomic E-state index is 0.0283. The van der Waals surface area contributed by atoms with Crippen LogP contribution in [0.1, 0.15) is 80.6 Å². The number of anilines is 1. The van der Waals surface area contributed by atoms with Crippen molar-refractivity contribution >= 4 is 17.5 Å². The number of para-hydroxylation sites is 1. The quantitative estimate of drug-likeness (QED) is 0.328. The summed E-state index contributed by atoms with van der Waals surface area (Å²) in [5.74, 6) is 0.974. The molecule has 2 aromatic rings. The average Bonchev–Trinajstić information content (AvgIpc) is 3.05. The first-order chi connectivity index (χ1) is 21.0. The molecule has 234 valence electrons. The smallest absolute Gasteiger partial charge is 0.253 e. The van der Waals surface area contributed by atoms with Crippen molar-refractivity contribution in [3.63, 3.8) is 0 Å². The van der Waals surface area contributed by atoms with Crippen LogP contribution in [0.4, 0.5) is 5.69 Å². The zero-order chi connectivity index (χ0) is 30.0. The molecule has 3 aliphatic heterocycles. The second kappa shape index (κ2) is 15.7. The van der Waals surface area contributed by atoms with Gasteiger partial charge in [0.05, 0.1) is 18.8 Å². The van der Waals surface area contributed by atoms with Gasteiger partial charge in [-0.15, -0.1) is 0 Å². The van der Waals surface area contributed by atoms with E-state index in [1.807, 2.05) is 52.3 Å². The molecule has 3 aliphatic rings. The van der Waals surface area contributed by atoms with Crippen LogP contribution in [0.3, 0.4) is 0 Å². The monoisotopic (exact) mass is 591 g/mol. The third-order valence-corrected chi connectivity index (χ3v) is 9.20. The van der Waals surface area contributed by atoms with Crippen LogP contribution in [0.5, 0.6) is 5.75 Å². The molecule has 2 unspecified atom stereocenters. The van der Waals surface area contributed by atoms with E-state index in [-0.39, 0.29) is 24.0 Å². The highest BCUT2D eigenvalue weighted by Gasteiger charge is 2.33. The molecule has 0 saturated carbocycles. The number of hydrogen-bond acceptors (Lipinski definition) is 6. The van der Waals surface area contributed by atoms with E-state index in [1.165, 1.54) is 12.0 Å². The van der Waals surface area contributed by atoms with Crippen molar-refractivity contribution in [2.24, 2.45) is 0 Å². The van der Waals surface area contributed by atoms with Gasteiger partial charge >= 0.3 is 0 Å². The summed E-state index contributed by atoms with van der Waals surface area (Å²) >= 11 is 0. The molecule has 8 nitrogen and oxygen atoms in total. The normalized spacial score (nSPS) is 20.3. The van der Waals surface area contributed by atoms with Crippen LogP contribution in [0.25, 0.3) is 0 Å². The van der Waals surface area contributed by atoms with Crippen LogP contribution in [0.15, 0.2) is 48.5 Å². The predicted molar refractivity (Wildman–Crippen MR) is 169 cm³/mol. The number of carbonyl (C=O) groups excluding carboxylic acids is 2. The van der Waals surface area contributed by atoms with E-state index >= 15 is 0 Å². The third-order valence-electron chi connectivity index (χ3n) is 9.20. The Bertz CT molecular complexity index is 1170. The van der Waals surface area contributed by atoms with Gasteiger partial charge in [0, 0.05) is 56.5 Å². The lowest BCUT2D eigenvalue weighted by Gasteiger charge is -2.41. The zero-order valence-electron chi connectivity index (χ0n) is 25.8. The molecule has 3 heterocycles. The second-order valence-electron chi connectivity index (χ2n) is 12.3. The van der Waals surface area contributed by atoms with Gasteiger partial charge in [-0.1, -0.05) is 25.1 Å². The molecule has 5 rings (SSSR count). The van der Waals surface area contributed by atoms with E-state index in [0.717, 1.165) is 82.5 Å². The van der Waals surface area contributed by atoms with Crippen LogP contribution >= 0.6 is 0 Å². The lowest BCUT2D eigenvalue weighted by molar-refractivity contribution is -0.119. The second-order valence-corrected chi connectivity index (χ2v) is 12.3. The van der Waals surface area contributed by atoms with Gasteiger partial charge in [0.1, 0.15) is 5.75 Å². The molecule has 1 N–H and O–H groups in total. The molecule has 0 aliphatic carbocycles. The van der Waals surface area contributed by atoms with E-state index in [0.29, 0.717) is 44.3 Å². The Morgan fingerprint density at radius 1 is 1.05 bits per heavy atom. The van der Waals surface area contributed by atoms with Crippen molar-refractivity contribution in [1.29, 1.82) is 0 Å². The number of likely N-dealkylation sites (tertiary alicyclic amines) is 1. The lowest BCUT2D eigenvalue weighted by atomic mass is 9.95. The van der Waals surface area contributed by atoms with E-state index in [9.17, 15) is 14.7 Å². The number of ether oxygens (including phenoxy) is 2. The number of hydrogen-bond donors (Lipinski definition) is 1. The Morgan fingerprint density at radius 2 is 1.84 bits per heavy atom. The Hall–Kier alpha value is -2.94. The molecule has 8 heteroatoms. The van der Waals surface area contributed by atoms with E-state index < -0.39 is 0 Å². The summed E-state index contributed by atoms with van der Waals surface area (Å²) in [6.07, 6.45) is 8.95. The maximum atomic E-state index is 13.2. The first-order valence-electron chi connectivity index (χ1n) is 16.5. The minimum Gasteiger partial charge on any atom is -0.494 e. The topological polar surface area (TPSA) is 82.6 Å². The summed E-state index contributed by atoms with van der Waals surface area (Å²) in [6, 6.07) is 15.7. The van der Waals surface area contributed by atoms with Gasteiger partial charge in [0.25, 0.3) is 5.91 Å². The summed E-state index contributed by atoms with van der Waals surface area (Å²) in [7, 11) is 0. The molecule has 2 amide bonds. The molecule has 0 radical (unpaired) electrons. The number of rotatable bonds is 13. The highest BCUT2D eigenvalue weighted by atomic mass is 16.5. The maximum absolute atomic E-state index is 13.2. The number of amides is 2. The van der Waals surface area contributed by atoms with Crippen molar-refractivity contribution < 1.29 is 24.2 Å². The summed E-state index contributed by atoms with van der Waals surface area (Å²) in [6.45, 7) is 7.39. The number of nitrogens with zero attached hydrogens (tertiary/aromatic N) is 3. The van der Waals surface area contributed by atoms with Gasteiger partial charge < -0.3 is 24.4 Å². The number of fused-ring (bicyclic) bond motifs is 1. The van der Waals surface area contributed by atoms with Gasteiger partial charge in [-0.3, -0.25) is 14.5 Å². The minimum atomic E-state index is -0.338. The van der Waals surface area contributed by atoms with Crippen molar-refractivity contribution in [1.82, 2.24) is 9.80 Å². The van der Waals surface area contributed by atoms with Gasteiger partial charge in [-0.2, -0.15) is 0 Å². The van der Waals surface area contributed by atoms with Crippen LogP contribution < -0.4 is 9.64 Å². The number of aliphatic hydroxyl groups is 1. The Balaban J connectivity index is 0.995. The fourth-order valence-electron chi connectivity index (χ4n) is 6.69. The number of likely N-dealkylation sites (N-methyl/N-ethyl adjacent to an activating group) is 1. The molecule has 0 spiro atoms. The van der Waals surface area contributed by atoms with Gasteiger partial charge in [-0.05, 0) is 100 Å². The summed E-state index contributed by atoms with van der Waals surface area (Å²) < 4.78 is 11.8. The summed E-state index contributed by atoms with van der Waals surface area (Å²) in [4.78, 5) is 32.2. The Morgan fingerprint density at radius 3 is 2.58 bits per heavy atom. The largest absolute Gasteiger partial charge is 0.494 e. The van der Waals surface area contributed by atoms with Crippen LogP contribution in [0.2, 0.25) is 0 Å². The van der Waals surface area contributed by atoms with Crippen LogP contribution in [-0.2, 0) is 16.0 Å². The molecule has 2 saturated heterocycles. The fourth-order valence-corrected chi connectivity index (χ4v) is 6.69. The van der Waals surface area contributed by atoms with Gasteiger partial charge in [-0.25, -0.2) is 0 Å². The Labute approximate surface area is 256 Å². The molecule has 2 fully saturated rings. The van der Waals surface area contributed by atoms with Crippen molar-refractivity contribution in [3.05, 3.63) is 59.7 Å². The highest BCUT2D eigenvalue weighted by Crippen LogP contribution is 2.32. The van der Waals surface area contributed by atoms with Crippen LogP contribution in [0, 0.1) is 0 Å². The van der Waals surface area contributed by atoms with Crippen molar-refractivity contribution in [2.75, 3.05) is 50.8 Å². The molecule has 2 atom stereocenters. The third kappa shape index (κ3) is 8.58. The number of unbranched alkanes of at least 4 members (excludes halogenated alkanes) is 1. The molecular weight excluding hydrogens is 542 g/mol. The van der Waals surface area contributed by atoms with Crippen molar-refractivity contribution in [3.8, 4) is 5.75 Å². The van der Waals surface area contributed by atoms with Crippen LogP contribution in [-0.4, -0.2) is 90.9 Å². The standard InChI is InChI=1S/C35H49N3O5/c1-2-36(26-32-11-6-8-24-43-32)25-30(39)10-5-7-23-42-31-16-13-28(14-17-31)35(41)37-21-19-29(20-22-37)38-33-12-4-3-9-27(33)15-18-34(38)40/h3-4,9,12-14,16-17,29-30,32,39H,2,5-8,10-11,15,18-26H2,1H3. The first kappa shape index (κ1) is 31.5. The summed E-state index contributed by atoms with van der Waals surface area (Å²) in [5.41, 5.74) is 2.94. The van der Waals surface area contributed by atoms with E-state index in [1.54, 1.807) is 0 Å². The van der Waals surface area contributed by atoms with Crippen molar-refractivity contribution in [2.45, 2.75) is 89.4 Å². The van der Waals surface area contributed by atoms with E-state index in [2.05, 4.69) is 17.9 Å². The van der Waals surface area contributed by atoms with E-state index in [4.69, 9.17) is 9.47 Å². The number of carbonyl (C=O) groups is 2. The van der Waals surface area contributed by atoms with Gasteiger partial charge in [0.2, 0.25) is 5.91 Å². The fraction of sp³-hybridized carbons (Fsp3) is 0.600. The van der Waals surface area contributed by atoms with Gasteiger partial charge in [0.15, 0.2) is 0 Å². The number of piperidine rings is 1. The predicted octanol–water partition coefficient (Wildman–Crippen LogP) is 5.07. The molecule has 43 heavy (non-hydrogen) atoms.